The van der Waals surface area contributed by atoms with Gasteiger partial charge >= 0.3 is 0 Å². The number of amides is 1. The first-order valence-electron chi connectivity index (χ1n) is 8.32. The van der Waals surface area contributed by atoms with Gasteiger partial charge in [-0.3, -0.25) is 4.79 Å². The maximum absolute atomic E-state index is 12.5. The molecule has 26 heavy (non-hydrogen) atoms. The molecule has 8 nitrogen and oxygen atoms in total. The van der Waals surface area contributed by atoms with Crippen LogP contribution in [0, 0.1) is 5.92 Å². The number of hydrogen-bond acceptors (Lipinski definition) is 6. The summed E-state index contributed by atoms with van der Waals surface area (Å²) in [5, 5.41) is 13.8. The molecule has 3 rings (SSSR count). The molecule has 2 aromatic rings. The summed E-state index contributed by atoms with van der Waals surface area (Å²) in [6.07, 6.45) is 6.35. The van der Waals surface area contributed by atoms with Crippen LogP contribution in [0.15, 0.2) is 45.8 Å². The van der Waals surface area contributed by atoms with Gasteiger partial charge in [-0.2, -0.15) is 0 Å². The molecule has 3 heterocycles. The highest BCUT2D eigenvalue weighted by atomic mass is 32.2. The fourth-order valence-electron chi connectivity index (χ4n) is 3.15. The summed E-state index contributed by atoms with van der Waals surface area (Å²) in [6, 6.07) is 4.89. The minimum atomic E-state index is -3.23. The van der Waals surface area contributed by atoms with Crippen molar-refractivity contribution in [3.05, 3.63) is 48.3 Å². The van der Waals surface area contributed by atoms with Gasteiger partial charge in [-0.05, 0) is 31.0 Å². The van der Waals surface area contributed by atoms with E-state index in [9.17, 15) is 18.3 Å². The van der Waals surface area contributed by atoms with Crippen LogP contribution in [0.2, 0.25) is 0 Å². The molecule has 1 aliphatic heterocycles. The smallest absolute Gasteiger partial charge is 0.223 e. The van der Waals surface area contributed by atoms with E-state index in [4.69, 9.17) is 8.83 Å². The molecule has 1 aliphatic rings. The van der Waals surface area contributed by atoms with Crippen molar-refractivity contribution in [3.63, 3.8) is 0 Å². The number of sulfonamides is 1. The van der Waals surface area contributed by atoms with Crippen LogP contribution in [-0.2, 0) is 20.4 Å². The molecule has 0 radical (unpaired) electrons. The van der Waals surface area contributed by atoms with E-state index in [1.54, 1.807) is 18.2 Å². The maximum Gasteiger partial charge on any atom is 0.223 e. The first-order chi connectivity index (χ1) is 12.3. The minimum Gasteiger partial charge on any atom is -0.472 e. The van der Waals surface area contributed by atoms with Gasteiger partial charge in [0.2, 0.25) is 15.9 Å². The highest BCUT2D eigenvalue weighted by molar-refractivity contribution is 7.88. The average molecular weight is 382 g/mol. The van der Waals surface area contributed by atoms with Gasteiger partial charge in [-0.1, -0.05) is 0 Å². The summed E-state index contributed by atoms with van der Waals surface area (Å²) in [5.74, 6) is -0.212. The Labute approximate surface area is 151 Å². The topological polar surface area (TPSA) is 113 Å². The summed E-state index contributed by atoms with van der Waals surface area (Å²) in [6.45, 7) is 0.563. The largest absolute Gasteiger partial charge is 0.472 e. The monoisotopic (exact) mass is 382 g/mol. The zero-order chi connectivity index (χ0) is 18.8. The summed E-state index contributed by atoms with van der Waals surface area (Å²) < 4.78 is 34.9. The van der Waals surface area contributed by atoms with Crippen molar-refractivity contribution >= 4 is 15.9 Å². The fourth-order valence-corrected chi connectivity index (χ4v) is 4.03. The lowest BCUT2D eigenvalue weighted by Crippen LogP contribution is -2.46. The SMILES string of the molecule is CS(=O)(=O)N1CCC(C(=O)NC[C@](O)(c2ccoc2)c2ccco2)CC1. The molecule has 0 aliphatic carbocycles. The molecule has 9 heteroatoms. The molecule has 0 aromatic carbocycles. The lowest BCUT2D eigenvalue weighted by molar-refractivity contribution is -0.127. The van der Waals surface area contributed by atoms with E-state index in [-0.39, 0.29) is 18.4 Å². The van der Waals surface area contributed by atoms with Gasteiger partial charge in [0.1, 0.15) is 5.76 Å². The normalized spacial score (nSPS) is 19.2. The lowest BCUT2D eigenvalue weighted by Gasteiger charge is -2.31. The first-order valence-corrected chi connectivity index (χ1v) is 10.2. The van der Waals surface area contributed by atoms with Gasteiger partial charge in [0, 0.05) is 24.6 Å². The number of hydrogen-bond donors (Lipinski definition) is 2. The zero-order valence-electron chi connectivity index (χ0n) is 14.4. The van der Waals surface area contributed by atoms with Gasteiger partial charge in [0.25, 0.3) is 0 Å². The number of rotatable bonds is 6. The Morgan fingerprint density at radius 3 is 2.62 bits per heavy atom. The van der Waals surface area contributed by atoms with E-state index < -0.39 is 15.6 Å². The van der Waals surface area contributed by atoms with Gasteiger partial charge in [-0.25, -0.2) is 12.7 Å². The molecule has 1 amide bonds. The molecule has 0 saturated carbocycles. The Hall–Kier alpha value is -2.10. The van der Waals surface area contributed by atoms with E-state index in [1.807, 2.05) is 0 Å². The number of carbonyl (C=O) groups excluding carboxylic acids is 1. The Bertz CT molecular complexity index is 786. The molecule has 0 unspecified atom stereocenters. The van der Waals surface area contributed by atoms with Crippen LogP contribution in [0.1, 0.15) is 24.2 Å². The fraction of sp³-hybridized carbons (Fsp3) is 0.471. The third-order valence-electron chi connectivity index (χ3n) is 4.74. The second-order valence-corrected chi connectivity index (χ2v) is 8.49. The summed E-state index contributed by atoms with van der Waals surface area (Å²) in [7, 11) is -3.23. The molecular weight excluding hydrogens is 360 g/mol. The number of nitrogens with one attached hydrogen (secondary N) is 1. The van der Waals surface area contributed by atoms with E-state index in [0.29, 0.717) is 37.3 Å². The van der Waals surface area contributed by atoms with Crippen molar-refractivity contribution in [1.29, 1.82) is 0 Å². The lowest BCUT2D eigenvalue weighted by atomic mass is 9.92. The van der Waals surface area contributed by atoms with Gasteiger partial charge in [0.15, 0.2) is 5.60 Å². The predicted octanol–water partition coefficient (Wildman–Crippen LogP) is 0.896. The molecule has 0 bridgehead atoms. The first kappa shape index (κ1) is 18.7. The second-order valence-electron chi connectivity index (χ2n) is 6.50. The van der Waals surface area contributed by atoms with Crippen LogP contribution in [0.3, 0.4) is 0 Å². The highest BCUT2D eigenvalue weighted by Crippen LogP contribution is 2.30. The van der Waals surface area contributed by atoms with Crippen molar-refractivity contribution < 1.29 is 27.2 Å². The molecule has 1 atom stereocenters. The number of furan rings is 2. The molecule has 1 saturated heterocycles. The molecule has 2 aromatic heterocycles. The number of nitrogens with zero attached hydrogens (tertiary/aromatic N) is 1. The predicted molar refractivity (Wildman–Crippen MR) is 92.6 cm³/mol. The molecule has 1 fully saturated rings. The van der Waals surface area contributed by atoms with Crippen LogP contribution in [0.25, 0.3) is 0 Å². The molecule has 142 valence electrons. The van der Waals surface area contributed by atoms with Crippen molar-refractivity contribution in [2.75, 3.05) is 25.9 Å². The maximum atomic E-state index is 12.5. The third kappa shape index (κ3) is 3.84. The molecule has 2 N–H and O–H groups in total. The van der Waals surface area contributed by atoms with Gasteiger partial charge < -0.3 is 19.3 Å². The Kier molecular flexibility index (Phi) is 5.22. The number of piperidine rings is 1. The van der Waals surface area contributed by atoms with Crippen molar-refractivity contribution in [1.82, 2.24) is 9.62 Å². The summed E-state index contributed by atoms with van der Waals surface area (Å²) in [5.41, 5.74) is -1.07. The van der Waals surface area contributed by atoms with E-state index >= 15 is 0 Å². The van der Waals surface area contributed by atoms with Crippen LogP contribution in [0.4, 0.5) is 0 Å². The van der Waals surface area contributed by atoms with Crippen molar-refractivity contribution in [3.8, 4) is 0 Å². The number of carbonyl (C=O) groups is 1. The Morgan fingerprint density at radius 2 is 2.08 bits per heavy atom. The second kappa shape index (κ2) is 7.26. The standard InChI is InChI=1S/C17H22N2O6S/c1-26(22,23)19-7-4-13(5-8-19)16(20)18-12-17(21,14-6-10-24-11-14)15-3-2-9-25-15/h2-3,6,9-11,13,21H,4-5,7-8,12H2,1H3,(H,18,20)/t17-/m0/s1. The van der Waals surface area contributed by atoms with E-state index in [0.717, 1.165) is 0 Å². The van der Waals surface area contributed by atoms with Crippen LogP contribution < -0.4 is 5.32 Å². The van der Waals surface area contributed by atoms with Gasteiger partial charge in [-0.15, -0.1) is 0 Å². The van der Waals surface area contributed by atoms with Crippen LogP contribution in [0.5, 0.6) is 0 Å². The number of aliphatic hydroxyl groups is 1. The summed E-state index contributed by atoms with van der Waals surface area (Å²) >= 11 is 0. The van der Waals surface area contributed by atoms with Crippen molar-refractivity contribution in [2.24, 2.45) is 5.92 Å². The third-order valence-corrected chi connectivity index (χ3v) is 6.04. The Balaban J connectivity index is 1.64. The van der Waals surface area contributed by atoms with Crippen LogP contribution >= 0.6 is 0 Å². The zero-order valence-corrected chi connectivity index (χ0v) is 15.2. The average Bonchev–Trinajstić information content (AvgIpc) is 3.32. The van der Waals surface area contributed by atoms with Crippen molar-refractivity contribution in [2.45, 2.75) is 18.4 Å². The minimum absolute atomic E-state index is 0.0782. The summed E-state index contributed by atoms with van der Waals surface area (Å²) in [4.78, 5) is 12.5. The van der Waals surface area contributed by atoms with E-state index in [2.05, 4.69) is 5.32 Å². The quantitative estimate of drug-likeness (QED) is 0.767. The van der Waals surface area contributed by atoms with Gasteiger partial charge in [0.05, 0.1) is 31.6 Å². The van der Waals surface area contributed by atoms with Crippen LogP contribution in [-0.4, -0.2) is 49.6 Å². The Morgan fingerprint density at radius 1 is 1.35 bits per heavy atom. The highest BCUT2D eigenvalue weighted by Gasteiger charge is 2.37. The van der Waals surface area contributed by atoms with E-state index in [1.165, 1.54) is 29.4 Å². The molecule has 0 spiro atoms. The molecular formula is C17H22N2O6S.